The smallest absolute Gasteiger partial charge is 0.224 e. The van der Waals surface area contributed by atoms with Gasteiger partial charge in [-0.2, -0.15) is 4.98 Å². The fourth-order valence-electron chi connectivity index (χ4n) is 2.39. The van der Waals surface area contributed by atoms with Crippen LogP contribution >= 0.6 is 22.9 Å². The number of fused-ring (bicyclic) bond motifs is 1. The Morgan fingerprint density at radius 1 is 1.43 bits per heavy atom. The fraction of sp³-hybridized carbons (Fsp3) is 0.375. The van der Waals surface area contributed by atoms with Gasteiger partial charge < -0.3 is 15.5 Å². The highest BCUT2D eigenvalue weighted by molar-refractivity contribution is 7.19. The Kier molecular flexibility index (Phi) is 4.84. The largest absolute Gasteiger partial charge is 0.467 e. The molecule has 1 unspecified atom stereocenters. The first kappa shape index (κ1) is 16.2. The average molecular weight is 351 g/mol. The monoisotopic (exact) mass is 350 g/mol. The Bertz CT molecular complexity index is 800. The molecule has 0 fully saturated rings. The SMILES string of the molecule is CCC(N)Cc1sc2c(NCc3ccco3)nc(Cl)nc2c1C. The third-order valence-electron chi connectivity index (χ3n) is 3.82. The number of thiophene rings is 1. The number of hydrogen-bond donors (Lipinski definition) is 2. The van der Waals surface area contributed by atoms with Crippen LogP contribution in [-0.2, 0) is 13.0 Å². The van der Waals surface area contributed by atoms with Gasteiger partial charge in [-0.1, -0.05) is 6.92 Å². The Morgan fingerprint density at radius 3 is 2.96 bits per heavy atom. The molecule has 0 radical (unpaired) electrons. The highest BCUT2D eigenvalue weighted by Gasteiger charge is 2.17. The third kappa shape index (κ3) is 3.49. The first-order valence-corrected chi connectivity index (χ1v) is 8.75. The number of furan rings is 1. The summed E-state index contributed by atoms with van der Waals surface area (Å²) in [6, 6.07) is 3.93. The molecular weight excluding hydrogens is 332 g/mol. The van der Waals surface area contributed by atoms with Crippen molar-refractivity contribution in [1.82, 2.24) is 9.97 Å². The molecule has 0 spiro atoms. The van der Waals surface area contributed by atoms with Crippen molar-refractivity contribution >= 4 is 39.0 Å². The average Bonchev–Trinajstić information content (AvgIpc) is 3.15. The van der Waals surface area contributed by atoms with Gasteiger partial charge in [-0.25, -0.2) is 4.98 Å². The Hall–Kier alpha value is -1.63. The van der Waals surface area contributed by atoms with Crippen LogP contribution in [-0.4, -0.2) is 16.0 Å². The van der Waals surface area contributed by atoms with Crippen molar-refractivity contribution in [3.8, 4) is 0 Å². The zero-order valence-electron chi connectivity index (χ0n) is 13.1. The summed E-state index contributed by atoms with van der Waals surface area (Å²) in [4.78, 5) is 9.97. The summed E-state index contributed by atoms with van der Waals surface area (Å²) in [5, 5.41) is 3.53. The Balaban J connectivity index is 1.95. The van der Waals surface area contributed by atoms with E-state index in [1.807, 2.05) is 12.1 Å². The van der Waals surface area contributed by atoms with Gasteiger partial charge in [0.2, 0.25) is 5.28 Å². The summed E-state index contributed by atoms with van der Waals surface area (Å²) in [6.45, 7) is 4.72. The van der Waals surface area contributed by atoms with E-state index < -0.39 is 0 Å². The van der Waals surface area contributed by atoms with Gasteiger partial charge in [-0.15, -0.1) is 11.3 Å². The lowest BCUT2D eigenvalue weighted by Gasteiger charge is -2.06. The van der Waals surface area contributed by atoms with Gasteiger partial charge in [0.15, 0.2) is 0 Å². The molecule has 0 aromatic carbocycles. The van der Waals surface area contributed by atoms with Crippen molar-refractivity contribution in [3.63, 3.8) is 0 Å². The normalized spacial score (nSPS) is 12.7. The zero-order chi connectivity index (χ0) is 16.4. The van der Waals surface area contributed by atoms with E-state index in [4.69, 9.17) is 21.8 Å². The Labute approximate surface area is 143 Å². The van der Waals surface area contributed by atoms with E-state index in [2.05, 4.69) is 29.1 Å². The zero-order valence-corrected chi connectivity index (χ0v) is 14.7. The van der Waals surface area contributed by atoms with Crippen molar-refractivity contribution in [3.05, 3.63) is 39.9 Å². The molecule has 3 aromatic heterocycles. The number of nitrogens with two attached hydrogens (primary N) is 1. The number of halogens is 1. The minimum absolute atomic E-state index is 0.157. The second-order valence-electron chi connectivity index (χ2n) is 5.47. The summed E-state index contributed by atoms with van der Waals surface area (Å²) in [5.41, 5.74) is 8.14. The lowest BCUT2D eigenvalue weighted by Crippen LogP contribution is -2.21. The lowest BCUT2D eigenvalue weighted by atomic mass is 10.1. The van der Waals surface area contributed by atoms with E-state index in [-0.39, 0.29) is 11.3 Å². The number of aromatic nitrogens is 2. The second kappa shape index (κ2) is 6.86. The van der Waals surface area contributed by atoms with Crippen LogP contribution in [0.2, 0.25) is 5.28 Å². The van der Waals surface area contributed by atoms with Crippen LogP contribution in [0.1, 0.15) is 29.5 Å². The van der Waals surface area contributed by atoms with Crippen molar-refractivity contribution < 1.29 is 4.42 Å². The predicted molar refractivity (Wildman–Crippen MR) is 95.2 cm³/mol. The van der Waals surface area contributed by atoms with Crippen molar-refractivity contribution in [2.45, 2.75) is 39.3 Å². The molecule has 0 aliphatic rings. The van der Waals surface area contributed by atoms with Gasteiger partial charge in [0.1, 0.15) is 11.6 Å². The molecule has 0 bridgehead atoms. The fourth-order valence-corrected chi connectivity index (χ4v) is 3.86. The molecule has 122 valence electrons. The number of rotatable bonds is 6. The molecule has 5 nitrogen and oxygen atoms in total. The standard InChI is InChI=1S/C16H19ClN4OS/c1-3-10(18)7-12-9(2)13-14(23-12)15(21-16(17)20-13)19-8-11-5-4-6-22-11/h4-6,10H,3,7-8,18H2,1-2H3,(H,19,20,21). The molecule has 0 saturated heterocycles. The van der Waals surface area contributed by atoms with Crippen LogP contribution in [0.5, 0.6) is 0 Å². The minimum atomic E-state index is 0.157. The molecule has 0 saturated carbocycles. The van der Waals surface area contributed by atoms with Crippen LogP contribution in [0.15, 0.2) is 22.8 Å². The molecule has 0 amide bonds. The van der Waals surface area contributed by atoms with Crippen LogP contribution in [0, 0.1) is 6.92 Å². The molecule has 3 aromatic rings. The number of aryl methyl sites for hydroxylation is 1. The summed E-state index contributed by atoms with van der Waals surface area (Å²) in [6.07, 6.45) is 3.45. The maximum absolute atomic E-state index is 6.10. The van der Waals surface area contributed by atoms with Gasteiger partial charge in [0.25, 0.3) is 0 Å². The van der Waals surface area contributed by atoms with Crippen LogP contribution in [0.3, 0.4) is 0 Å². The van der Waals surface area contributed by atoms with Gasteiger partial charge in [-0.05, 0) is 49.1 Å². The molecule has 3 N–H and O–H groups in total. The number of hydrogen-bond acceptors (Lipinski definition) is 6. The lowest BCUT2D eigenvalue weighted by molar-refractivity contribution is 0.518. The van der Waals surface area contributed by atoms with Gasteiger partial charge in [0.05, 0.1) is 23.0 Å². The minimum Gasteiger partial charge on any atom is -0.467 e. The van der Waals surface area contributed by atoms with Crippen molar-refractivity contribution in [2.24, 2.45) is 5.73 Å². The van der Waals surface area contributed by atoms with E-state index in [1.165, 1.54) is 4.88 Å². The number of anilines is 1. The summed E-state index contributed by atoms with van der Waals surface area (Å²) < 4.78 is 6.35. The molecule has 0 aliphatic carbocycles. The second-order valence-corrected chi connectivity index (χ2v) is 6.92. The molecular formula is C16H19ClN4OS. The first-order valence-electron chi connectivity index (χ1n) is 7.55. The maximum atomic E-state index is 6.10. The van der Waals surface area contributed by atoms with Crippen molar-refractivity contribution in [1.29, 1.82) is 0 Å². The Morgan fingerprint density at radius 2 is 2.26 bits per heavy atom. The van der Waals surface area contributed by atoms with Crippen molar-refractivity contribution in [2.75, 3.05) is 5.32 Å². The van der Waals surface area contributed by atoms with E-state index in [0.29, 0.717) is 6.54 Å². The van der Waals surface area contributed by atoms with E-state index in [1.54, 1.807) is 17.6 Å². The van der Waals surface area contributed by atoms with Gasteiger partial charge in [0, 0.05) is 10.9 Å². The summed E-state index contributed by atoms with van der Waals surface area (Å²) >= 11 is 7.78. The molecule has 3 heterocycles. The molecule has 1 atom stereocenters. The van der Waals surface area contributed by atoms with E-state index in [9.17, 15) is 0 Å². The highest BCUT2D eigenvalue weighted by Crippen LogP contribution is 2.35. The van der Waals surface area contributed by atoms with E-state index in [0.717, 1.165) is 40.2 Å². The van der Waals surface area contributed by atoms with E-state index >= 15 is 0 Å². The predicted octanol–water partition coefficient (Wildman–Crippen LogP) is 4.14. The summed E-state index contributed by atoms with van der Waals surface area (Å²) in [7, 11) is 0. The van der Waals surface area contributed by atoms with Crippen LogP contribution in [0.25, 0.3) is 10.2 Å². The molecule has 23 heavy (non-hydrogen) atoms. The summed E-state index contributed by atoms with van der Waals surface area (Å²) in [5.74, 6) is 1.58. The molecule has 7 heteroatoms. The molecule has 0 aliphatic heterocycles. The first-order chi connectivity index (χ1) is 11.1. The quantitative estimate of drug-likeness (QED) is 0.653. The van der Waals surface area contributed by atoms with Crippen LogP contribution < -0.4 is 11.1 Å². The maximum Gasteiger partial charge on any atom is 0.224 e. The highest BCUT2D eigenvalue weighted by atomic mass is 35.5. The van der Waals surface area contributed by atoms with Gasteiger partial charge in [-0.3, -0.25) is 0 Å². The number of nitrogens with zero attached hydrogens (tertiary/aromatic N) is 2. The van der Waals surface area contributed by atoms with Crippen LogP contribution in [0.4, 0.5) is 5.82 Å². The number of nitrogens with one attached hydrogen (secondary N) is 1. The van der Waals surface area contributed by atoms with Gasteiger partial charge >= 0.3 is 0 Å². The third-order valence-corrected chi connectivity index (χ3v) is 5.30. The molecule has 3 rings (SSSR count). The topological polar surface area (TPSA) is 77.0 Å².